The molecule has 0 aromatic carbocycles. The van der Waals surface area contributed by atoms with Crippen molar-refractivity contribution in [2.75, 3.05) is 0 Å². The van der Waals surface area contributed by atoms with Crippen LogP contribution in [0.25, 0.3) is 0 Å². The van der Waals surface area contributed by atoms with E-state index in [1.54, 1.807) is 0 Å². The van der Waals surface area contributed by atoms with Gasteiger partial charge in [-0.05, 0) is 65.9 Å². The summed E-state index contributed by atoms with van der Waals surface area (Å²) in [6.07, 6.45) is 5.69. The maximum absolute atomic E-state index is 6.68. The molecular weight excluding hydrogens is 304 g/mol. The van der Waals surface area contributed by atoms with Crippen LogP contribution in [0.15, 0.2) is 10.5 Å². The molecule has 0 spiro atoms. The molecule has 1 aromatic heterocycles. The van der Waals surface area contributed by atoms with E-state index in [4.69, 9.17) is 11.6 Å². The highest BCUT2D eigenvalue weighted by atomic mass is 79.9. The van der Waals surface area contributed by atoms with Crippen LogP contribution in [0.1, 0.15) is 40.8 Å². The zero-order valence-electron chi connectivity index (χ0n) is 9.38. The van der Waals surface area contributed by atoms with Gasteiger partial charge in [0.2, 0.25) is 0 Å². The molecule has 2 saturated carbocycles. The first kappa shape index (κ1) is 11.6. The van der Waals surface area contributed by atoms with Crippen molar-refractivity contribution in [3.8, 4) is 0 Å². The van der Waals surface area contributed by atoms with Crippen molar-refractivity contribution in [1.82, 2.24) is 0 Å². The Balaban J connectivity index is 1.80. The van der Waals surface area contributed by atoms with Gasteiger partial charge in [0.15, 0.2) is 0 Å². The summed E-state index contributed by atoms with van der Waals surface area (Å²) < 4.78 is 1.22. The number of hydrogen-bond donors (Lipinski definition) is 0. The van der Waals surface area contributed by atoms with Crippen molar-refractivity contribution in [3.05, 3.63) is 20.3 Å². The SMILES string of the molecule is Cc1sc(C(Cl)C2CC3CCC2C3)cc1Br. The van der Waals surface area contributed by atoms with Gasteiger partial charge in [-0.15, -0.1) is 22.9 Å². The molecule has 2 fully saturated rings. The molecule has 0 amide bonds. The fourth-order valence-electron chi connectivity index (χ4n) is 3.48. The average Bonchev–Trinajstić information content (AvgIpc) is 2.94. The lowest BCUT2D eigenvalue weighted by molar-refractivity contribution is 0.325. The van der Waals surface area contributed by atoms with Gasteiger partial charge in [0.05, 0.1) is 5.38 Å². The summed E-state index contributed by atoms with van der Waals surface area (Å²) in [6, 6.07) is 2.23. The number of fused-ring (bicyclic) bond motifs is 2. The molecule has 2 aliphatic carbocycles. The second-order valence-electron chi connectivity index (χ2n) is 5.29. The van der Waals surface area contributed by atoms with Crippen LogP contribution in [-0.2, 0) is 0 Å². The average molecular weight is 320 g/mol. The Bertz CT molecular complexity index is 381. The van der Waals surface area contributed by atoms with Gasteiger partial charge in [0.25, 0.3) is 0 Å². The monoisotopic (exact) mass is 318 g/mol. The van der Waals surface area contributed by atoms with Crippen LogP contribution >= 0.6 is 38.9 Å². The molecule has 16 heavy (non-hydrogen) atoms. The maximum Gasteiger partial charge on any atom is 0.0709 e. The highest BCUT2D eigenvalue weighted by Gasteiger charge is 2.43. The van der Waals surface area contributed by atoms with Gasteiger partial charge in [-0.25, -0.2) is 0 Å². The molecule has 4 atom stereocenters. The second-order valence-corrected chi connectivity index (χ2v) is 7.91. The van der Waals surface area contributed by atoms with Gasteiger partial charge < -0.3 is 0 Å². The summed E-state index contributed by atoms with van der Waals surface area (Å²) in [5, 5.41) is 0.255. The minimum Gasteiger partial charge on any atom is -0.143 e. The van der Waals surface area contributed by atoms with Crippen molar-refractivity contribution in [3.63, 3.8) is 0 Å². The van der Waals surface area contributed by atoms with Gasteiger partial charge >= 0.3 is 0 Å². The predicted molar refractivity (Wildman–Crippen MR) is 74.3 cm³/mol. The fraction of sp³-hybridized carbons (Fsp3) is 0.692. The molecule has 1 heterocycles. The van der Waals surface area contributed by atoms with Crippen LogP contribution in [0.3, 0.4) is 0 Å². The van der Waals surface area contributed by atoms with Crippen molar-refractivity contribution in [2.45, 2.75) is 38.0 Å². The third kappa shape index (κ3) is 1.87. The molecule has 0 aliphatic heterocycles. The molecule has 3 rings (SSSR count). The first-order valence-corrected chi connectivity index (χ1v) is 8.09. The van der Waals surface area contributed by atoms with Crippen LogP contribution < -0.4 is 0 Å². The van der Waals surface area contributed by atoms with Crippen LogP contribution in [0.4, 0.5) is 0 Å². The smallest absolute Gasteiger partial charge is 0.0709 e. The highest BCUT2D eigenvalue weighted by molar-refractivity contribution is 9.10. The lowest BCUT2D eigenvalue weighted by Gasteiger charge is -2.25. The summed E-state index contributed by atoms with van der Waals surface area (Å²) in [5.74, 6) is 2.64. The number of thiophene rings is 1. The Kier molecular flexibility index (Phi) is 3.10. The van der Waals surface area contributed by atoms with Crippen LogP contribution in [0.5, 0.6) is 0 Å². The van der Waals surface area contributed by atoms with E-state index >= 15 is 0 Å². The van der Waals surface area contributed by atoms with Crippen LogP contribution in [-0.4, -0.2) is 0 Å². The number of halogens is 2. The van der Waals surface area contributed by atoms with Gasteiger partial charge in [0, 0.05) is 14.2 Å². The van der Waals surface area contributed by atoms with Crippen molar-refractivity contribution in [2.24, 2.45) is 17.8 Å². The lowest BCUT2D eigenvalue weighted by atomic mass is 9.86. The molecule has 0 saturated heterocycles. The van der Waals surface area contributed by atoms with E-state index in [1.165, 1.54) is 39.9 Å². The molecule has 0 nitrogen and oxygen atoms in total. The Morgan fingerprint density at radius 3 is 2.75 bits per heavy atom. The summed E-state index contributed by atoms with van der Waals surface area (Å²) in [7, 11) is 0. The predicted octanol–water partition coefficient (Wildman–Crippen LogP) is 5.54. The Morgan fingerprint density at radius 1 is 1.44 bits per heavy atom. The number of rotatable bonds is 2. The Morgan fingerprint density at radius 2 is 2.25 bits per heavy atom. The third-order valence-corrected chi connectivity index (χ3v) is 7.22. The zero-order valence-corrected chi connectivity index (χ0v) is 12.5. The molecule has 2 bridgehead atoms. The van der Waals surface area contributed by atoms with Crippen LogP contribution in [0, 0.1) is 24.7 Å². The summed E-state index contributed by atoms with van der Waals surface area (Å²) in [4.78, 5) is 2.72. The molecule has 4 unspecified atom stereocenters. The summed E-state index contributed by atoms with van der Waals surface area (Å²) in [6.45, 7) is 2.16. The first-order valence-electron chi connectivity index (χ1n) is 6.05. The molecular formula is C13H16BrClS. The van der Waals surface area contributed by atoms with E-state index < -0.39 is 0 Å². The molecule has 0 N–H and O–H groups in total. The van der Waals surface area contributed by atoms with E-state index in [2.05, 4.69) is 28.9 Å². The summed E-state index contributed by atoms with van der Waals surface area (Å²) >= 11 is 12.1. The fourth-order valence-corrected chi connectivity index (χ4v) is 5.60. The van der Waals surface area contributed by atoms with Gasteiger partial charge in [-0.2, -0.15) is 0 Å². The Hall–Kier alpha value is 0.470. The number of hydrogen-bond acceptors (Lipinski definition) is 1. The molecule has 0 radical (unpaired) electrons. The first-order chi connectivity index (χ1) is 7.65. The number of alkyl halides is 1. The van der Waals surface area contributed by atoms with Crippen LogP contribution in [0.2, 0.25) is 0 Å². The maximum atomic E-state index is 6.68. The zero-order chi connectivity index (χ0) is 11.3. The number of aryl methyl sites for hydroxylation is 1. The largest absolute Gasteiger partial charge is 0.143 e. The van der Waals surface area contributed by atoms with Crippen molar-refractivity contribution < 1.29 is 0 Å². The Labute approximate surface area is 115 Å². The topological polar surface area (TPSA) is 0 Å². The highest BCUT2D eigenvalue weighted by Crippen LogP contribution is 2.55. The second kappa shape index (κ2) is 4.29. The van der Waals surface area contributed by atoms with Gasteiger partial charge in [-0.3, -0.25) is 0 Å². The molecule has 1 aromatic rings. The van der Waals surface area contributed by atoms with Gasteiger partial charge in [-0.1, -0.05) is 6.42 Å². The van der Waals surface area contributed by atoms with Gasteiger partial charge in [0.1, 0.15) is 0 Å². The van der Waals surface area contributed by atoms with E-state index in [0.717, 1.165) is 17.8 Å². The normalized spacial score (nSPS) is 34.6. The van der Waals surface area contributed by atoms with Crippen molar-refractivity contribution in [1.29, 1.82) is 0 Å². The third-order valence-electron chi connectivity index (χ3n) is 4.32. The minimum atomic E-state index is 0.255. The standard InChI is InChI=1S/C13H16BrClS/c1-7-11(14)6-12(16-7)13(15)10-5-8-2-3-9(10)4-8/h6,8-10,13H,2-5H2,1H3. The minimum absolute atomic E-state index is 0.255. The molecule has 88 valence electrons. The van der Waals surface area contributed by atoms with E-state index in [0.29, 0.717) is 0 Å². The van der Waals surface area contributed by atoms with E-state index in [-0.39, 0.29) is 5.38 Å². The summed E-state index contributed by atoms with van der Waals surface area (Å²) in [5.41, 5.74) is 0. The molecule has 3 heteroatoms. The van der Waals surface area contributed by atoms with E-state index in [9.17, 15) is 0 Å². The van der Waals surface area contributed by atoms with E-state index in [1.807, 2.05) is 11.3 Å². The quantitative estimate of drug-likeness (QED) is 0.628. The lowest BCUT2D eigenvalue weighted by Crippen LogP contribution is -2.15. The molecule has 2 aliphatic rings. The van der Waals surface area contributed by atoms with Crippen molar-refractivity contribution >= 4 is 38.9 Å².